The molecule has 8 heteroatoms. The minimum Gasteiger partial charge on any atom is -0.379 e. The van der Waals surface area contributed by atoms with Gasteiger partial charge in [-0.3, -0.25) is 0 Å². The monoisotopic (exact) mass is 445 g/mol. The highest BCUT2D eigenvalue weighted by Gasteiger charge is 2.32. The van der Waals surface area contributed by atoms with Crippen molar-refractivity contribution < 1.29 is 13.2 Å². The number of morpholine rings is 1. The highest BCUT2D eigenvalue weighted by Crippen LogP contribution is 2.35. The van der Waals surface area contributed by atoms with E-state index in [0.29, 0.717) is 56.5 Å². The lowest BCUT2D eigenvalue weighted by Crippen LogP contribution is -2.45. The van der Waals surface area contributed by atoms with Crippen molar-refractivity contribution in [2.75, 3.05) is 43.5 Å². The van der Waals surface area contributed by atoms with E-state index in [4.69, 9.17) is 22.9 Å². The van der Waals surface area contributed by atoms with E-state index in [1.807, 2.05) is 42.5 Å². The predicted molar refractivity (Wildman–Crippen MR) is 119 cm³/mol. The summed E-state index contributed by atoms with van der Waals surface area (Å²) in [4.78, 5) is 5.75. The second-order valence-corrected chi connectivity index (χ2v) is 10.2. The van der Waals surface area contributed by atoms with Gasteiger partial charge in [0.2, 0.25) is 10.0 Å². The average Bonchev–Trinajstić information content (AvgIpc) is 2.73. The summed E-state index contributed by atoms with van der Waals surface area (Å²) in [7, 11) is -3.36. The summed E-state index contributed by atoms with van der Waals surface area (Å²) >= 11 is 6.16. The maximum atomic E-state index is 13.0. The quantitative estimate of drug-likeness (QED) is 0.658. The number of nitrogens with zero attached hydrogens (tertiary/aromatic N) is 3. The van der Waals surface area contributed by atoms with Crippen LogP contribution in [0.3, 0.4) is 0 Å². The van der Waals surface area contributed by atoms with E-state index in [9.17, 15) is 8.42 Å². The van der Waals surface area contributed by atoms with Crippen molar-refractivity contribution in [2.24, 2.45) is 5.92 Å². The molecule has 0 aromatic heterocycles. The van der Waals surface area contributed by atoms with Gasteiger partial charge in [0.15, 0.2) is 5.69 Å². The summed E-state index contributed by atoms with van der Waals surface area (Å²) < 4.78 is 32.8. The van der Waals surface area contributed by atoms with Crippen LogP contribution in [0.25, 0.3) is 4.85 Å². The van der Waals surface area contributed by atoms with Crippen LogP contribution in [-0.4, -0.2) is 51.3 Å². The second kappa shape index (κ2) is 8.94. The molecule has 0 saturated carbocycles. The average molecular weight is 446 g/mol. The molecule has 2 heterocycles. The van der Waals surface area contributed by atoms with Crippen molar-refractivity contribution >= 4 is 33.0 Å². The third-order valence-corrected chi connectivity index (χ3v) is 7.87. The first-order valence-electron chi connectivity index (χ1n) is 10.00. The van der Waals surface area contributed by atoms with Gasteiger partial charge in [-0.25, -0.2) is 13.3 Å². The van der Waals surface area contributed by atoms with Crippen LogP contribution in [0.1, 0.15) is 11.1 Å². The molecule has 0 bridgehead atoms. The van der Waals surface area contributed by atoms with Crippen molar-refractivity contribution in [3.05, 3.63) is 70.0 Å². The fraction of sp³-hybridized carbons (Fsp3) is 0.409. The van der Waals surface area contributed by atoms with Gasteiger partial charge in [0.05, 0.1) is 25.5 Å². The van der Waals surface area contributed by atoms with Crippen LogP contribution in [0.2, 0.25) is 5.02 Å². The molecule has 2 aromatic rings. The molecule has 2 aliphatic heterocycles. The molecule has 0 radical (unpaired) electrons. The van der Waals surface area contributed by atoms with Crippen LogP contribution in [0.15, 0.2) is 42.5 Å². The smallest absolute Gasteiger partial charge is 0.214 e. The molecule has 2 aromatic carbocycles. The Bertz CT molecular complexity index is 1060. The minimum atomic E-state index is -3.36. The van der Waals surface area contributed by atoms with Crippen molar-refractivity contribution in [1.29, 1.82) is 0 Å². The molecule has 2 aliphatic rings. The van der Waals surface area contributed by atoms with Crippen molar-refractivity contribution in [3.63, 3.8) is 0 Å². The first-order chi connectivity index (χ1) is 14.4. The predicted octanol–water partition coefficient (Wildman–Crippen LogP) is 3.73. The molecule has 1 unspecified atom stereocenters. The molecule has 1 atom stereocenters. The Labute approximate surface area is 182 Å². The Kier molecular flexibility index (Phi) is 6.30. The van der Waals surface area contributed by atoms with Gasteiger partial charge in [0.1, 0.15) is 0 Å². The first-order valence-corrected chi connectivity index (χ1v) is 12.0. The lowest BCUT2D eigenvalue weighted by molar-refractivity contribution is 0.0728. The Morgan fingerprint density at radius 2 is 1.97 bits per heavy atom. The Morgan fingerprint density at radius 3 is 2.70 bits per heavy atom. The van der Waals surface area contributed by atoms with Crippen molar-refractivity contribution in [1.82, 2.24) is 4.31 Å². The number of sulfonamides is 1. The zero-order valence-corrected chi connectivity index (χ0v) is 18.2. The van der Waals surface area contributed by atoms with Crippen molar-refractivity contribution in [3.8, 4) is 0 Å². The molecule has 1 saturated heterocycles. The lowest BCUT2D eigenvalue weighted by Gasteiger charge is -2.37. The molecule has 30 heavy (non-hydrogen) atoms. The third kappa shape index (κ3) is 4.79. The Hall–Kier alpha value is -2.11. The molecule has 1 fully saturated rings. The van der Waals surface area contributed by atoms with Gasteiger partial charge in [-0.2, -0.15) is 4.31 Å². The first kappa shape index (κ1) is 21.1. The van der Waals surface area contributed by atoms with Crippen LogP contribution < -0.4 is 4.90 Å². The zero-order valence-electron chi connectivity index (χ0n) is 16.6. The van der Waals surface area contributed by atoms with Gasteiger partial charge in [-0.15, -0.1) is 0 Å². The number of rotatable bonds is 5. The maximum absolute atomic E-state index is 13.0. The standard InChI is InChI=1S/C22H24ClN3O3S/c1-24-21-5-6-22-19(13-21)11-18(16-30(27,28)26-7-9-29-10-8-26)15-25(22)14-17-3-2-4-20(23)12-17/h2-6,12-13,18H,7-11,14-16H2. The van der Waals surface area contributed by atoms with E-state index in [1.54, 1.807) is 4.31 Å². The summed E-state index contributed by atoms with van der Waals surface area (Å²) in [5.41, 5.74) is 3.73. The Balaban J connectivity index is 1.59. The summed E-state index contributed by atoms with van der Waals surface area (Å²) in [5.74, 6) is 0.0475. The molecule has 158 valence electrons. The van der Waals surface area contributed by atoms with E-state index < -0.39 is 10.0 Å². The topological polar surface area (TPSA) is 54.2 Å². The van der Waals surface area contributed by atoms with Gasteiger partial charge in [0, 0.05) is 36.9 Å². The zero-order chi connectivity index (χ0) is 21.1. The van der Waals surface area contributed by atoms with E-state index in [0.717, 1.165) is 16.8 Å². The van der Waals surface area contributed by atoms with E-state index in [1.165, 1.54) is 0 Å². The normalized spacial score (nSPS) is 19.9. The SMILES string of the molecule is [C-]#[N+]c1ccc2c(c1)CC(CS(=O)(=O)N1CCOCC1)CN2Cc1cccc(Cl)c1. The minimum absolute atomic E-state index is 0.0505. The number of benzene rings is 2. The van der Waals surface area contributed by atoms with Crippen LogP contribution in [-0.2, 0) is 27.7 Å². The number of hydrogen-bond donors (Lipinski definition) is 0. The third-order valence-electron chi connectivity index (χ3n) is 5.59. The van der Waals surface area contributed by atoms with E-state index in [-0.39, 0.29) is 11.7 Å². The largest absolute Gasteiger partial charge is 0.379 e. The number of anilines is 1. The fourth-order valence-corrected chi connectivity index (χ4v) is 6.19. The van der Waals surface area contributed by atoms with Gasteiger partial charge >= 0.3 is 0 Å². The number of ether oxygens (including phenoxy) is 1. The molecule has 4 rings (SSSR count). The Morgan fingerprint density at radius 1 is 1.17 bits per heavy atom. The van der Waals surface area contributed by atoms with Crippen LogP contribution >= 0.6 is 11.6 Å². The summed E-state index contributed by atoms with van der Waals surface area (Å²) in [6.07, 6.45) is 0.647. The maximum Gasteiger partial charge on any atom is 0.214 e. The number of fused-ring (bicyclic) bond motifs is 1. The highest BCUT2D eigenvalue weighted by atomic mass is 35.5. The van der Waals surface area contributed by atoms with E-state index in [2.05, 4.69) is 9.74 Å². The summed E-state index contributed by atoms with van der Waals surface area (Å²) in [6.45, 7) is 10.3. The van der Waals surface area contributed by atoms with Gasteiger partial charge in [-0.1, -0.05) is 35.9 Å². The molecule has 0 spiro atoms. The molecular weight excluding hydrogens is 422 g/mol. The molecule has 0 N–H and O–H groups in total. The summed E-state index contributed by atoms with van der Waals surface area (Å²) in [5, 5.41) is 0.680. The summed E-state index contributed by atoms with van der Waals surface area (Å²) in [6, 6.07) is 13.4. The highest BCUT2D eigenvalue weighted by molar-refractivity contribution is 7.89. The molecule has 0 aliphatic carbocycles. The van der Waals surface area contributed by atoms with Crippen LogP contribution in [0.4, 0.5) is 11.4 Å². The molecular formula is C22H24ClN3O3S. The van der Waals surface area contributed by atoms with Crippen LogP contribution in [0.5, 0.6) is 0 Å². The van der Waals surface area contributed by atoms with Gasteiger partial charge in [0.25, 0.3) is 0 Å². The van der Waals surface area contributed by atoms with E-state index >= 15 is 0 Å². The van der Waals surface area contributed by atoms with Gasteiger partial charge < -0.3 is 9.64 Å². The number of halogens is 1. The molecule has 6 nitrogen and oxygen atoms in total. The lowest BCUT2D eigenvalue weighted by atomic mass is 9.93. The fourth-order valence-electron chi connectivity index (χ4n) is 4.24. The van der Waals surface area contributed by atoms with Gasteiger partial charge in [-0.05, 0) is 41.7 Å². The second-order valence-electron chi connectivity index (χ2n) is 7.80. The van der Waals surface area contributed by atoms with Crippen molar-refractivity contribution in [2.45, 2.75) is 13.0 Å². The number of hydrogen-bond acceptors (Lipinski definition) is 4. The molecule has 0 amide bonds. The van der Waals surface area contributed by atoms with Crippen LogP contribution in [0, 0.1) is 12.5 Å².